The van der Waals surface area contributed by atoms with Crippen molar-refractivity contribution in [1.82, 2.24) is 9.88 Å². The molecule has 2 atom stereocenters. The SMILES string of the molecule is Cc1cc(=O)c(C(=O)N2CC(CCl)OCC2C)c[nH]1. The van der Waals surface area contributed by atoms with E-state index in [1.807, 2.05) is 6.92 Å². The molecular weight excluding hydrogens is 268 g/mol. The monoisotopic (exact) mass is 284 g/mol. The number of halogens is 1. The smallest absolute Gasteiger partial charge is 0.259 e. The maximum absolute atomic E-state index is 12.4. The summed E-state index contributed by atoms with van der Waals surface area (Å²) in [4.78, 5) is 28.8. The quantitative estimate of drug-likeness (QED) is 0.829. The Morgan fingerprint density at radius 1 is 1.63 bits per heavy atom. The van der Waals surface area contributed by atoms with Crippen LogP contribution in [0.4, 0.5) is 0 Å². The lowest BCUT2D eigenvalue weighted by atomic mass is 10.1. The summed E-state index contributed by atoms with van der Waals surface area (Å²) in [5, 5.41) is 0. The molecule has 0 aliphatic carbocycles. The summed E-state index contributed by atoms with van der Waals surface area (Å²) in [6, 6.07) is 1.37. The van der Waals surface area contributed by atoms with Gasteiger partial charge in [0.05, 0.1) is 24.6 Å². The Labute approximate surface area is 116 Å². The number of alkyl halides is 1. The maximum Gasteiger partial charge on any atom is 0.259 e. The Morgan fingerprint density at radius 3 is 3.00 bits per heavy atom. The van der Waals surface area contributed by atoms with Crippen LogP contribution in [0.1, 0.15) is 23.0 Å². The van der Waals surface area contributed by atoms with Gasteiger partial charge >= 0.3 is 0 Å². The van der Waals surface area contributed by atoms with E-state index < -0.39 is 0 Å². The molecule has 1 N–H and O–H groups in total. The normalized spacial score (nSPS) is 23.4. The van der Waals surface area contributed by atoms with E-state index in [1.54, 1.807) is 11.8 Å². The molecule has 2 rings (SSSR count). The predicted octanol–water partition coefficient (Wildman–Crippen LogP) is 1.15. The number of ether oxygens (including phenoxy) is 1. The molecule has 104 valence electrons. The van der Waals surface area contributed by atoms with Crippen molar-refractivity contribution in [2.75, 3.05) is 19.0 Å². The Balaban J connectivity index is 2.24. The summed E-state index contributed by atoms with van der Waals surface area (Å²) in [6.07, 6.45) is 1.30. The number of morpholine rings is 1. The Bertz CT molecular complexity index is 529. The third kappa shape index (κ3) is 2.98. The second-order valence-corrected chi connectivity index (χ2v) is 5.12. The molecule has 6 heteroatoms. The highest BCUT2D eigenvalue weighted by Crippen LogP contribution is 2.15. The van der Waals surface area contributed by atoms with Crippen LogP contribution in [0.3, 0.4) is 0 Å². The standard InChI is InChI=1S/C13H17ClN2O3/c1-8-3-12(17)11(5-15-8)13(18)16-6-10(4-14)19-7-9(16)2/h3,5,9-10H,4,6-7H2,1-2H3,(H,15,17). The summed E-state index contributed by atoms with van der Waals surface area (Å²) >= 11 is 5.77. The number of H-pyrrole nitrogens is 1. The fourth-order valence-corrected chi connectivity index (χ4v) is 2.28. The molecule has 0 saturated carbocycles. The van der Waals surface area contributed by atoms with Gasteiger partial charge in [-0.2, -0.15) is 0 Å². The van der Waals surface area contributed by atoms with Crippen LogP contribution < -0.4 is 5.43 Å². The first kappa shape index (κ1) is 14.1. The number of rotatable bonds is 2. The topological polar surface area (TPSA) is 62.4 Å². The number of amides is 1. The van der Waals surface area contributed by atoms with E-state index >= 15 is 0 Å². The minimum atomic E-state index is -0.271. The zero-order valence-electron chi connectivity index (χ0n) is 11.0. The third-order valence-corrected chi connectivity index (χ3v) is 3.57. The largest absolute Gasteiger partial charge is 0.373 e. The fraction of sp³-hybridized carbons (Fsp3) is 0.538. The lowest BCUT2D eigenvalue weighted by Crippen LogP contribution is -2.52. The second-order valence-electron chi connectivity index (χ2n) is 4.81. The lowest BCUT2D eigenvalue weighted by molar-refractivity contribution is -0.0372. The number of nitrogens with zero attached hydrogens (tertiary/aromatic N) is 1. The number of nitrogens with one attached hydrogen (secondary N) is 1. The van der Waals surface area contributed by atoms with Crippen LogP contribution >= 0.6 is 11.6 Å². The first-order chi connectivity index (χ1) is 9.02. The predicted molar refractivity (Wildman–Crippen MR) is 72.8 cm³/mol. The molecule has 1 aromatic heterocycles. The Morgan fingerprint density at radius 2 is 2.37 bits per heavy atom. The van der Waals surface area contributed by atoms with Gasteiger partial charge in [0.15, 0.2) is 5.43 Å². The van der Waals surface area contributed by atoms with Crippen molar-refractivity contribution in [3.8, 4) is 0 Å². The van der Waals surface area contributed by atoms with Crippen molar-refractivity contribution < 1.29 is 9.53 Å². The molecule has 0 spiro atoms. The first-order valence-electron chi connectivity index (χ1n) is 6.20. The van der Waals surface area contributed by atoms with Gasteiger partial charge in [0.1, 0.15) is 5.56 Å². The van der Waals surface area contributed by atoms with Gasteiger partial charge < -0.3 is 14.6 Å². The van der Waals surface area contributed by atoms with Crippen LogP contribution in [-0.4, -0.2) is 47.0 Å². The van der Waals surface area contributed by atoms with Crippen LogP contribution in [0.5, 0.6) is 0 Å². The highest BCUT2D eigenvalue weighted by Gasteiger charge is 2.30. The number of hydrogen-bond acceptors (Lipinski definition) is 3. The molecule has 1 aliphatic rings. The van der Waals surface area contributed by atoms with Crippen LogP contribution in [-0.2, 0) is 4.74 Å². The minimum Gasteiger partial charge on any atom is -0.373 e. The summed E-state index contributed by atoms with van der Waals surface area (Å²) in [7, 11) is 0. The van der Waals surface area contributed by atoms with E-state index in [2.05, 4.69) is 4.98 Å². The molecule has 1 amide bonds. The summed E-state index contributed by atoms with van der Waals surface area (Å²) < 4.78 is 5.49. The van der Waals surface area contributed by atoms with E-state index in [-0.39, 0.29) is 29.0 Å². The molecule has 2 heterocycles. The summed E-state index contributed by atoms with van der Waals surface area (Å²) in [5.41, 5.74) is 0.630. The van der Waals surface area contributed by atoms with E-state index in [0.29, 0.717) is 19.0 Å². The highest BCUT2D eigenvalue weighted by molar-refractivity contribution is 6.18. The average Bonchev–Trinajstić information content (AvgIpc) is 2.38. The molecule has 0 bridgehead atoms. The average molecular weight is 285 g/mol. The Hall–Kier alpha value is -1.33. The van der Waals surface area contributed by atoms with E-state index in [4.69, 9.17) is 16.3 Å². The van der Waals surface area contributed by atoms with Crippen molar-refractivity contribution in [3.63, 3.8) is 0 Å². The molecule has 2 unspecified atom stereocenters. The summed E-state index contributed by atoms with van der Waals surface area (Å²) in [6.45, 7) is 4.52. The number of carbonyl (C=O) groups is 1. The number of aromatic nitrogens is 1. The van der Waals surface area contributed by atoms with Crippen molar-refractivity contribution in [3.05, 3.63) is 33.7 Å². The number of carbonyl (C=O) groups excluding carboxylic acids is 1. The van der Waals surface area contributed by atoms with Crippen LogP contribution in [0.15, 0.2) is 17.1 Å². The number of pyridine rings is 1. The van der Waals surface area contributed by atoms with E-state index in [9.17, 15) is 9.59 Å². The van der Waals surface area contributed by atoms with Crippen molar-refractivity contribution in [1.29, 1.82) is 0 Å². The van der Waals surface area contributed by atoms with Gasteiger partial charge in [-0.1, -0.05) is 0 Å². The maximum atomic E-state index is 12.4. The number of aromatic amines is 1. The molecule has 5 nitrogen and oxygen atoms in total. The second kappa shape index (κ2) is 5.75. The van der Waals surface area contributed by atoms with Gasteiger partial charge in [-0.15, -0.1) is 11.6 Å². The van der Waals surface area contributed by atoms with Crippen LogP contribution in [0, 0.1) is 6.92 Å². The fourth-order valence-electron chi connectivity index (χ4n) is 2.09. The zero-order chi connectivity index (χ0) is 14.0. The minimum absolute atomic E-state index is 0.0623. The molecule has 1 fully saturated rings. The molecule has 19 heavy (non-hydrogen) atoms. The van der Waals surface area contributed by atoms with Gasteiger partial charge in [-0.3, -0.25) is 9.59 Å². The lowest BCUT2D eigenvalue weighted by Gasteiger charge is -2.37. The first-order valence-corrected chi connectivity index (χ1v) is 6.74. The van der Waals surface area contributed by atoms with Crippen LogP contribution in [0.25, 0.3) is 0 Å². The van der Waals surface area contributed by atoms with Crippen molar-refractivity contribution in [2.45, 2.75) is 26.0 Å². The van der Waals surface area contributed by atoms with Crippen molar-refractivity contribution in [2.24, 2.45) is 0 Å². The van der Waals surface area contributed by atoms with Crippen LogP contribution in [0.2, 0.25) is 0 Å². The third-order valence-electron chi connectivity index (χ3n) is 3.23. The molecule has 1 aromatic rings. The van der Waals surface area contributed by atoms with E-state index in [1.165, 1.54) is 12.3 Å². The molecular formula is C13H17ClN2O3. The number of hydrogen-bond donors (Lipinski definition) is 1. The molecule has 0 radical (unpaired) electrons. The van der Waals surface area contributed by atoms with E-state index in [0.717, 1.165) is 5.69 Å². The number of aryl methyl sites for hydroxylation is 1. The molecule has 1 aliphatic heterocycles. The van der Waals surface area contributed by atoms with Gasteiger partial charge in [-0.25, -0.2) is 0 Å². The Kier molecular flexibility index (Phi) is 4.27. The zero-order valence-corrected chi connectivity index (χ0v) is 11.7. The highest BCUT2D eigenvalue weighted by atomic mass is 35.5. The van der Waals surface area contributed by atoms with Gasteiger partial charge in [0.25, 0.3) is 5.91 Å². The summed E-state index contributed by atoms with van der Waals surface area (Å²) in [5.74, 6) is 0.0629. The van der Waals surface area contributed by atoms with Crippen molar-refractivity contribution >= 4 is 17.5 Å². The molecule has 1 saturated heterocycles. The van der Waals surface area contributed by atoms with Gasteiger partial charge in [0.2, 0.25) is 0 Å². The molecule has 0 aromatic carbocycles. The van der Waals surface area contributed by atoms with Gasteiger partial charge in [0, 0.05) is 24.5 Å². The van der Waals surface area contributed by atoms with Gasteiger partial charge in [-0.05, 0) is 13.8 Å².